The molecule has 0 atom stereocenters. The monoisotopic (exact) mass is 276 g/mol. The molecule has 19 heavy (non-hydrogen) atoms. The minimum Gasteiger partial charge on any atom is -0.350 e. The Balaban J connectivity index is 2.40. The molecule has 2 aromatic rings. The Kier molecular flexibility index (Phi) is 3.71. The topological polar surface area (TPSA) is 55.2 Å². The summed E-state index contributed by atoms with van der Waals surface area (Å²) in [6.07, 6.45) is 0. The number of nitrogens with zero attached hydrogens (tertiary/aromatic N) is 1. The van der Waals surface area contributed by atoms with Crippen LogP contribution in [0.2, 0.25) is 5.02 Å². The summed E-state index contributed by atoms with van der Waals surface area (Å²) in [6.45, 7) is 4.01. The maximum absolute atomic E-state index is 11.0. The molecule has 0 spiro atoms. The number of rotatable bonds is 3. The zero-order chi connectivity index (χ0) is 14.0. The van der Waals surface area contributed by atoms with E-state index in [0.717, 1.165) is 11.3 Å². The molecule has 0 saturated carbocycles. The normalized spacial score (nSPS) is 10.3. The highest BCUT2D eigenvalue weighted by Gasteiger charge is 2.18. The molecule has 0 radical (unpaired) electrons. The molecule has 4 nitrogen and oxygen atoms in total. The van der Waals surface area contributed by atoms with E-state index in [-0.39, 0.29) is 10.7 Å². The molecule has 5 heteroatoms. The average molecular weight is 277 g/mol. The van der Waals surface area contributed by atoms with E-state index in [0.29, 0.717) is 5.69 Å². The Hall–Kier alpha value is -2.07. The lowest BCUT2D eigenvalue weighted by Gasteiger charge is -2.09. The van der Waals surface area contributed by atoms with Gasteiger partial charge in [0, 0.05) is 5.69 Å². The summed E-state index contributed by atoms with van der Waals surface area (Å²) in [6, 6.07) is 10.6. The summed E-state index contributed by atoms with van der Waals surface area (Å²) in [5.41, 5.74) is 3.37. The predicted molar refractivity (Wildman–Crippen MR) is 77.3 cm³/mol. The first kappa shape index (κ1) is 13.4. The average Bonchev–Trinajstić information content (AvgIpc) is 2.33. The molecule has 0 bridgehead atoms. The number of hydrogen-bond acceptors (Lipinski definition) is 3. The summed E-state index contributed by atoms with van der Waals surface area (Å²) in [5, 5.41) is 14.2. The van der Waals surface area contributed by atoms with Gasteiger partial charge in [0.1, 0.15) is 10.7 Å². The number of para-hydroxylation sites is 1. The largest absolute Gasteiger partial charge is 0.350 e. The standard InChI is InChI=1S/C14H13ClN2O2/c1-9-6-7-11(8-10(9)2)16-13-5-3-4-12(15)14(13)17(18)19/h3-8,16H,1-2H3. The summed E-state index contributed by atoms with van der Waals surface area (Å²) in [7, 11) is 0. The van der Waals surface area contributed by atoms with E-state index in [1.165, 1.54) is 11.6 Å². The van der Waals surface area contributed by atoms with Crippen LogP contribution in [-0.2, 0) is 0 Å². The lowest BCUT2D eigenvalue weighted by atomic mass is 10.1. The highest BCUT2D eigenvalue weighted by Crippen LogP contribution is 2.34. The maximum atomic E-state index is 11.0. The first-order valence-electron chi connectivity index (χ1n) is 5.76. The van der Waals surface area contributed by atoms with Gasteiger partial charge in [0.25, 0.3) is 0 Å². The third kappa shape index (κ3) is 2.85. The predicted octanol–water partition coefficient (Wildman–Crippen LogP) is 4.61. The van der Waals surface area contributed by atoms with Crippen molar-refractivity contribution in [2.24, 2.45) is 0 Å². The summed E-state index contributed by atoms with van der Waals surface area (Å²) >= 11 is 5.87. The third-order valence-corrected chi connectivity index (χ3v) is 3.26. The van der Waals surface area contributed by atoms with Gasteiger partial charge in [0.2, 0.25) is 0 Å². The van der Waals surface area contributed by atoms with Gasteiger partial charge in [0.15, 0.2) is 0 Å². The molecule has 0 fully saturated rings. The quantitative estimate of drug-likeness (QED) is 0.658. The van der Waals surface area contributed by atoms with Crippen molar-refractivity contribution >= 4 is 28.7 Å². The van der Waals surface area contributed by atoms with Crippen molar-refractivity contribution in [3.8, 4) is 0 Å². The van der Waals surface area contributed by atoms with E-state index in [4.69, 9.17) is 11.6 Å². The van der Waals surface area contributed by atoms with Crippen LogP contribution in [0.5, 0.6) is 0 Å². The lowest BCUT2D eigenvalue weighted by molar-refractivity contribution is -0.383. The van der Waals surface area contributed by atoms with Gasteiger partial charge in [0.05, 0.1) is 4.92 Å². The molecule has 0 unspecified atom stereocenters. The number of halogens is 1. The molecule has 2 aromatic carbocycles. The van der Waals surface area contributed by atoms with Crippen LogP contribution in [0.4, 0.5) is 17.1 Å². The number of hydrogen-bond donors (Lipinski definition) is 1. The van der Waals surface area contributed by atoms with Crippen LogP contribution in [0.1, 0.15) is 11.1 Å². The number of benzene rings is 2. The Morgan fingerprint density at radius 3 is 2.53 bits per heavy atom. The van der Waals surface area contributed by atoms with Crippen LogP contribution in [-0.4, -0.2) is 4.92 Å². The van der Waals surface area contributed by atoms with Gasteiger partial charge < -0.3 is 5.32 Å². The smallest absolute Gasteiger partial charge is 0.311 e. The van der Waals surface area contributed by atoms with Gasteiger partial charge in [-0.2, -0.15) is 0 Å². The van der Waals surface area contributed by atoms with Crippen molar-refractivity contribution in [1.29, 1.82) is 0 Å². The molecule has 1 N–H and O–H groups in total. The van der Waals surface area contributed by atoms with Crippen molar-refractivity contribution in [3.05, 3.63) is 62.7 Å². The molecule has 0 aliphatic heterocycles. The van der Waals surface area contributed by atoms with Gasteiger partial charge in [-0.05, 0) is 49.2 Å². The Labute approximate surface area is 116 Å². The van der Waals surface area contributed by atoms with Crippen molar-refractivity contribution < 1.29 is 4.92 Å². The summed E-state index contributed by atoms with van der Waals surface area (Å²) in [5.74, 6) is 0. The van der Waals surface area contributed by atoms with Crippen molar-refractivity contribution in [1.82, 2.24) is 0 Å². The van der Waals surface area contributed by atoms with Gasteiger partial charge >= 0.3 is 5.69 Å². The van der Waals surface area contributed by atoms with Crippen LogP contribution in [0.15, 0.2) is 36.4 Å². The fourth-order valence-corrected chi connectivity index (χ4v) is 2.02. The molecule has 0 amide bonds. The molecular formula is C14H13ClN2O2. The first-order valence-corrected chi connectivity index (χ1v) is 6.14. The zero-order valence-corrected chi connectivity index (χ0v) is 11.4. The van der Waals surface area contributed by atoms with Gasteiger partial charge in [-0.25, -0.2) is 0 Å². The molecule has 0 heterocycles. The molecule has 2 rings (SSSR count). The first-order chi connectivity index (χ1) is 8.99. The number of nitrogens with one attached hydrogen (secondary N) is 1. The van der Waals surface area contributed by atoms with Crippen molar-refractivity contribution in [2.75, 3.05) is 5.32 Å². The van der Waals surface area contributed by atoms with Crippen LogP contribution in [0.3, 0.4) is 0 Å². The second-order valence-electron chi connectivity index (χ2n) is 4.32. The maximum Gasteiger partial charge on any atom is 0.311 e. The van der Waals surface area contributed by atoms with Crippen LogP contribution in [0.25, 0.3) is 0 Å². The van der Waals surface area contributed by atoms with Gasteiger partial charge in [-0.1, -0.05) is 23.7 Å². The molecule has 98 valence electrons. The molecule has 0 aromatic heterocycles. The zero-order valence-electron chi connectivity index (χ0n) is 10.6. The molecule has 0 saturated heterocycles. The Morgan fingerprint density at radius 2 is 1.89 bits per heavy atom. The van der Waals surface area contributed by atoms with E-state index in [1.807, 2.05) is 32.0 Å². The third-order valence-electron chi connectivity index (χ3n) is 2.96. The van der Waals surface area contributed by atoms with E-state index in [2.05, 4.69) is 5.32 Å². The van der Waals surface area contributed by atoms with Crippen molar-refractivity contribution in [2.45, 2.75) is 13.8 Å². The second kappa shape index (κ2) is 5.28. The fraction of sp³-hybridized carbons (Fsp3) is 0.143. The second-order valence-corrected chi connectivity index (χ2v) is 4.72. The van der Waals surface area contributed by atoms with Crippen LogP contribution >= 0.6 is 11.6 Å². The van der Waals surface area contributed by atoms with Crippen LogP contribution in [0, 0.1) is 24.0 Å². The molecule has 0 aliphatic rings. The van der Waals surface area contributed by atoms with Gasteiger partial charge in [-0.3, -0.25) is 10.1 Å². The van der Waals surface area contributed by atoms with E-state index < -0.39 is 4.92 Å². The summed E-state index contributed by atoms with van der Waals surface area (Å²) in [4.78, 5) is 10.6. The van der Waals surface area contributed by atoms with Crippen LogP contribution < -0.4 is 5.32 Å². The number of aryl methyl sites for hydroxylation is 2. The van der Waals surface area contributed by atoms with E-state index in [1.54, 1.807) is 12.1 Å². The van der Waals surface area contributed by atoms with Gasteiger partial charge in [-0.15, -0.1) is 0 Å². The molecule has 0 aliphatic carbocycles. The minimum absolute atomic E-state index is 0.109. The highest BCUT2D eigenvalue weighted by molar-refractivity contribution is 6.33. The number of nitro benzene ring substituents is 1. The number of nitro groups is 1. The molecular weight excluding hydrogens is 264 g/mol. The number of anilines is 2. The van der Waals surface area contributed by atoms with E-state index >= 15 is 0 Å². The SMILES string of the molecule is Cc1ccc(Nc2cccc(Cl)c2[N+](=O)[O-])cc1C. The van der Waals surface area contributed by atoms with Crippen molar-refractivity contribution in [3.63, 3.8) is 0 Å². The fourth-order valence-electron chi connectivity index (χ4n) is 1.78. The summed E-state index contributed by atoms with van der Waals surface area (Å²) < 4.78 is 0. The lowest BCUT2D eigenvalue weighted by Crippen LogP contribution is -1.98. The Morgan fingerprint density at radius 1 is 1.16 bits per heavy atom. The minimum atomic E-state index is -0.480. The van der Waals surface area contributed by atoms with E-state index in [9.17, 15) is 10.1 Å². The Bertz CT molecular complexity index is 641. The highest BCUT2D eigenvalue weighted by atomic mass is 35.5.